The van der Waals surface area contributed by atoms with Gasteiger partial charge in [-0.25, -0.2) is 4.68 Å². The number of rotatable bonds is 7. The van der Waals surface area contributed by atoms with E-state index in [2.05, 4.69) is 41.6 Å². The molecule has 1 N–H and O–H groups in total. The lowest BCUT2D eigenvalue weighted by molar-refractivity contribution is 0.369. The monoisotopic (exact) mass is 269 g/mol. The average Bonchev–Trinajstić information content (AvgIpc) is 3.02. The van der Waals surface area contributed by atoms with Crippen LogP contribution in [0.15, 0.2) is 5.16 Å². The highest BCUT2D eigenvalue weighted by Crippen LogP contribution is 2.36. The quantitative estimate of drug-likeness (QED) is 0.607. The van der Waals surface area contributed by atoms with E-state index in [1.807, 2.05) is 4.68 Å². The third-order valence-corrected chi connectivity index (χ3v) is 3.85. The molecule has 18 heavy (non-hydrogen) atoms. The summed E-state index contributed by atoms with van der Waals surface area (Å²) in [4.78, 5) is 0. The normalized spacial score (nSPS) is 16.2. The Balaban J connectivity index is 1.59. The fraction of sp³-hybridized carbons (Fsp3) is 0.917. The highest BCUT2D eigenvalue weighted by molar-refractivity contribution is 7.99. The molecule has 6 heteroatoms. The van der Waals surface area contributed by atoms with Gasteiger partial charge in [-0.15, -0.1) is 5.10 Å². The Morgan fingerprint density at radius 3 is 2.78 bits per heavy atom. The number of aromatic nitrogens is 4. The summed E-state index contributed by atoms with van der Waals surface area (Å²) in [6.45, 7) is 8.91. The maximum atomic E-state index is 4.07. The topological polar surface area (TPSA) is 55.6 Å². The number of hydrogen-bond donors (Lipinski definition) is 1. The molecule has 0 unspecified atom stereocenters. The van der Waals surface area contributed by atoms with Crippen molar-refractivity contribution in [2.45, 2.75) is 51.2 Å². The Morgan fingerprint density at radius 1 is 1.33 bits per heavy atom. The van der Waals surface area contributed by atoms with Gasteiger partial charge in [0.15, 0.2) is 0 Å². The molecule has 1 aliphatic carbocycles. The minimum atomic E-state index is 0.413. The maximum absolute atomic E-state index is 4.07. The van der Waals surface area contributed by atoms with Crippen LogP contribution in [0, 0.1) is 5.41 Å². The van der Waals surface area contributed by atoms with E-state index in [9.17, 15) is 0 Å². The summed E-state index contributed by atoms with van der Waals surface area (Å²) >= 11 is 1.74. The van der Waals surface area contributed by atoms with E-state index in [-0.39, 0.29) is 0 Å². The first-order valence-electron chi connectivity index (χ1n) is 6.68. The van der Waals surface area contributed by atoms with Crippen LogP contribution in [0.2, 0.25) is 0 Å². The highest BCUT2D eigenvalue weighted by atomic mass is 32.2. The van der Waals surface area contributed by atoms with Gasteiger partial charge < -0.3 is 5.32 Å². The molecule has 0 bridgehead atoms. The Kier molecular flexibility index (Phi) is 4.61. The van der Waals surface area contributed by atoms with Crippen LogP contribution < -0.4 is 5.32 Å². The molecule has 2 rings (SSSR count). The molecule has 0 amide bonds. The number of hydrogen-bond acceptors (Lipinski definition) is 5. The average molecular weight is 269 g/mol. The van der Waals surface area contributed by atoms with Crippen LogP contribution in [-0.2, 0) is 0 Å². The molecule has 0 spiro atoms. The predicted molar refractivity (Wildman–Crippen MR) is 73.8 cm³/mol. The molecule has 102 valence electrons. The molecular formula is C12H23N5S. The summed E-state index contributed by atoms with van der Waals surface area (Å²) in [7, 11) is 0. The van der Waals surface area contributed by atoms with E-state index in [1.165, 1.54) is 19.3 Å². The highest BCUT2D eigenvalue weighted by Gasteiger charge is 2.27. The van der Waals surface area contributed by atoms with Crippen LogP contribution >= 0.6 is 11.8 Å². The van der Waals surface area contributed by atoms with Gasteiger partial charge in [-0.2, -0.15) is 0 Å². The zero-order valence-corrected chi connectivity index (χ0v) is 12.3. The van der Waals surface area contributed by atoms with Crippen molar-refractivity contribution < 1.29 is 0 Å². The number of thioether (sulfide) groups is 1. The number of nitrogens with one attached hydrogen (secondary N) is 1. The van der Waals surface area contributed by atoms with Crippen molar-refractivity contribution in [3.63, 3.8) is 0 Å². The molecular weight excluding hydrogens is 246 g/mol. The van der Waals surface area contributed by atoms with E-state index in [0.29, 0.717) is 11.5 Å². The van der Waals surface area contributed by atoms with Gasteiger partial charge in [-0.3, -0.25) is 0 Å². The summed E-state index contributed by atoms with van der Waals surface area (Å²) in [6, 6.07) is 0.566. The summed E-state index contributed by atoms with van der Waals surface area (Å²) in [5.74, 6) is 1.03. The Bertz CT molecular complexity index is 367. The molecule has 1 aromatic rings. The molecule has 0 atom stereocenters. The third kappa shape index (κ3) is 4.57. The SMILES string of the molecule is CC(C)(C)CCNCCSc1nnnn1C1CC1. The third-order valence-electron chi connectivity index (χ3n) is 2.92. The van der Waals surface area contributed by atoms with Crippen molar-refractivity contribution in [1.29, 1.82) is 0 Å². The smallest absolute Gasteiger partial charge is 0.209 e. The lowest BCUT2D eigenvalue weighted by Gasteiger charge is -2.17. The standard InChI is InChI=1S/C12H23N5S/c1-12(2,3)6-7-13-8-9-18-11-14-15-16-17(11)10-4-5-10/h10,13H,4-9H2,1-3H3. The van der Waals surface area contributed by atoms with Gasteiger partial charge in [0.1, 0.15) is 0 Å². The van der Waals surface area contributed by atoms with Gasteiger partial charge in [-0.1, -0.05) is 32.5 Å². The fourth-order valence-corrected chi connectivity index (χ4v) is 2.47. The Morgan fingerprint density at radius 2 is 2.11 bits per heavy atom. The van der Waals surface area contributed by atoms with Crippen molar-refractivity contribution in [3.05, 3.63) is 0 Å². The Hall–Kier alpha value is -0.620. The molecule has 0 aliphatic heterocycles. The van der Waals surface area contributed by atoms with Gasteiger partial charge in [0.2, 0.25) is 5.16 Å². The molecule has 0 saturated heterocycles. The molecule has 0 radical (unpaired) electrons. The van der Waals surface area contributed by atoms with Crippen LogP contribution in [0.4, 0.5) is 0 Å². The van der Waals surface area contributed by atoms with Gasteiger partial charge in [0.25, 0.3) is 0 Å². The van der Waals surface area contributed by atoms with Gasteiger partial charge >= 0.3 is 0 Å². The first-order valence-corrected chi connectivity index (χ1v) is 7.66. The van der Waals surface area contributed by atoms with Gasteiger partial charge in [0, 0.05) is 12.3 Å². The molecule has 1 fully saturated rings. The van der Waals surface area contributed by atoms with Crippen LogP contribution in [0.3, 0.4) is 0 Å². The molecule has 1 aromatic heterocycles. The van der Waals surface area contributed by atoms with Crippen LogP contribution in [0.1, 0.15) is 46.1 Å². The van der Waals surface area contributed by atoms with E-state index >= 15 is 0 Å². The summed E-state index contributed by atoms with van der Waals surface area (Å²) in [6.07, 6.45) is 3.66. The second-order valence-corrected chi connectivity index (χ2v) is 7.11. The minimum Gasteiger partial charge on any atom is -0.316 e. The second-order valence-electron chi connectivity index (χ2n) is 6.05. The summed E-state index contributed by atoms with van der Waals surface area (Å²) in [5.41, 5.74) is 0.413. The van der Waals surface area contributed by atoms with Crippen molar-refractivity contribution in [1.82, 2.24) is 25.5 Å². The summed E-state index contributed by atoms with van der Waals surface area (Å²) < 4.78 is 1.97. The Labute approximate surface area is 113 Å². The van der Waals surface area contributed by atoms with Crippen molar-refractivity contribution in [2.24, 2.45) is 5.41 Å². The zero-order chi connectivity index (χ0) is 13.0. The maximum Gasteiger partial charge on any atom is 0.209 e. The van der Waals surface area contributed by atoms with E-state index in [4.69, 9.17) is 0 Å². The minimum absolute atomic E-state index is 0.413. The molecule has 1 aliphatic rings. The molecule has 0 aromatic carbocycles. The molecule has 1 heterocycles. The lowest BCUT2D eigenvalue weighted by Crippen LogP contribution is -2.22. The van der Waals surface area contributed by atoms with Crippen molar-refractivity contribution in [2.75, 3.05) is 18.8 Å². The first kappa shape index (κ1) is 13.8. The van der Waals surface area contributed by atoms with E-state index < -0.39 is 0 Å². The van der Waals surface area contributed by atoms with Crippen molar-refractivity contribution in [3.8, 4) is 0 Å². The molecule has 1 saturated carbocycles. The largest absolute Gasteiger partial charge is 0.316 e. The van der Waals surface area contributed by atoms with Gasteiger partial charge in [-0.05, 0) is 41.6 Å². The van der Waals surface area contributed by atoms with Crippen LogP contribution in [-0.4, -0.2) is 39.0 Å². The number of tetrazole rings is 1. The zero-order valence-electron chi connectivity index (χ0n) is 11.5. The molecule has 5 nitrogen and oxygen atoms in total. The predicted octanol–water partition coefficient (Wildman–Crippen LogP) is 2.13. The van der Waals surface area contributed by atoms with Crippen LogP contribution in [0.5, 0.6) is 0 Å². The van der Waals surface area contributed by atoms with Crippen LogP contribution in [0.25, 0.3) is 0 Å². The number of nitrogens with zero attached hydrogens (tertiary/aromatic N) is 4. The summed E-state index contributed by atoms with van der Waals surface area (Å²) in [5, 5.41) is 16.3. The first-order chi connectivity index (χ1) is 8.56. The second kappa shape index (κ2) is 6.02. The fourth-order valence-electron chi connectivity index (χ4n) is 1.63. The van der Waals surface area contributed by atoms with E-state index in [0.717, 1.165) is 24.0 Å². The lowest BCUT2D eigenvalue weighted by atomic mass is 9.92. The van der Waals surface area contributed by atoms with E-state index in [1.54, 1.807) is 11.8 Å². The van der Waals surface area contributed by atoms with Gasteiger partial charge in [0.05, 0.1) is 6.04 Å². The van der Waals surface area contributed by atoms with Crippen molar-refractivity contribution >= 4 is 11.8 Å².